The summed E-state index contributed by atoms with van der Waals surface area (Å²) in [6, 6.07) is 15.1. The Morgan fingerprint density at radius 1 is 1.21 bits per heavy atom. The normalized spacial score (nSPS) is 10.8. The zero-order valence-corrected chi connectivity index (χ0v) is 16.9. The summed E-state index contributed by atoms with van der Waals surface area (Å²) in [4.78, 5) is 20.7. The van der Waals surface area contributed by atoms with Crippen molar-refractivity contribution in [3.8, 4) is 17.1 Å². The highest BCUT2D eigenvalue weighted by Gasteiger charge is 2.09. The second-order valence-electron chi connectivity index (χ2n) is 6.19. The van der Waals surface area contributed by atoms with Crippen molar-refractivity contribution in [2.24, 2.45) is 0 Å². The summed E-state index contributed by atoms with van der Waals surface area (Å²) in [6.45, 7) is 0. The molecule has 0 aliphatic carbocycles. The van der Waals surface area contributed by atoms with Crippen LogP contribution in [0.1, 0.15) is 5.69 Å². The number of thioether (sulfide) groups is 1. The highest BCUT2D eigenvalue weighted by molar-refractivity contribution is 7.99. The van der Waals surface area contributed by atoms with Crippen LogP contribution in [-0.2, 0) is 10.5 Å². The van der Waals surface area contributed by atoms with E-state index in [1.54, 1.807) is 24.9 Å². The number of halogens is 1. The number of oxazole rings is 1. The molecular formula is C21H17ClN4O2S. The number of aromatic nitrogens is 3. The minimum absolute atomic E-state index is 0.103. The van der Waals surface area contributed by atoms with Crippen LogP contribution in [0.15, 0.2) is 77.9 Å². The van der Waals surface area contributed by atoms with E-state index < -0.39 is 0 Å². The highest BCUT2D eigenvalue weighted by Crippen LogP contribution is 2.25. The molecule has 0 spiro atoms. The third kappa shape index (κ3) is 4.88. The fraction of sp³-hybridized carbons (Fsp3) is 0.0952. The average molecular weight is 425 g/mol. The van der Waals surface area contributed by atoms with Crippen LogP contribution in [0.3, 0.4) is 0 Å². The van der Waals surface area contributed by atoms with Gasteiger partial charge in [0.05, 0.1) is 28.5 Å². The van der Waals surface area contributed by atoms with E-state index in [1.165, 1.54) is 11.8 Å². The van der Waals surface area contributed by atoms with Crippen LogP contribution in [0.2, 0.25) is 5.02 Å². The zero-order valence-electron chi connectivity index (χ0n) is 15.3. The molecule has 0 radical (unpaired) electrons. The maximum Gasteiger partial charge on any atom is 0.234 e. The number of carbonyl (C=O) groups is 1. The highest BCUT2D eigenvalue weighted by atomic mass is 35.5. The van der Waals surface area contributed by atoms with Gasteiger partial charge in [0.2, 0.25) is 11.8 Å². The molecule has 0 atom stereocenters. The molecule has 1 N–H and O–H groups in total. The van der Waals surface area contributed by atoms with E-state index in [0.717, 1.165) is 16.9 Å². The van der Waals surface area contributed by atoms with Crippen molar-refractivity contribution in [1.29, 1.82) is 0 Å². The summed E-state index contributed by atoms with van der Waals surface area (Å²) in [5.41, 5.74) is 3.18. The lowest BCUT2D eigenvalue weighted by Gasteiger charge is -2.09. The van der Waals surface area contributed by atoms with Gasteiger partial charge in [0.1, 0.15) is 6.26 Å². The molecule has 1 amide bonds. The molecule has 0 unspecified atom stereocenters. The van der Waals surface area contributed by atoms with E-state index in [2.05, 4.69) is 15.3 Å². The van der Waals surface area contributed by atoms with E-state index in [1.807, 2.05) is 53.2 Å². The number of carbonyl (C=O) groups excluding carboxylic acids is 1. The minimum Gasteiger partial charge on any atom is -0.444 e. The van der Waals surface area contributed by atoms with Gasteiger partial charge in [-0.25, -0.2) is 9.97 Å². The SMILES string of the molecule is O=C(CSCc1coc(-c2ccccc2)n1)Nc1ccc(-n2ccnc2)c(Cl)c1. The van der Waals surface area contributed by atoms with Crippen molar-refractivity contribution in [3.63, 3.8) is 0 Å². The van der Waals surface area contributed by atoms with Gasteiger partial charge >= 0.3 is 0 Å². The first-order valence-electron chi connectivity index (χ1n) is 8.84. The lowest BCUT2D eigenvalue weighted by atomic mass is 10.2. The monoisotopic (exact) mass is 424 g/mol. The van der Waals surface area contributed by atoms with Gasteiger partial charge in [-0.2, -0.15) is 0 Å². The molecule has 4 rings (SSSR count). The molecule has 0 aliphatic heterocycles. The minimum atomic E-state index is -0.103. The molecule has 0 aliphatic rings. The number of nitrogens with one attached hydrogen (secondary N) is 1. The summed E-state index contributed by atoms with van der Waals surface area (Å²) >= 11 is 7.79. The molecule has 2 aromatic heterocycles. The van der Waals surface area contributed by atoms with Gasteiger partial charge in [-0.3, -0.25) is 4.79 Å². The van der Waals surface area contributed by atoms with Crippen LogP contribution in [0.25, 0.3) is 17.1 Å². The summed E-state index contributed by atoms with van der Waals surface area (Å²) in [7, 11) is 0. The molecule has 2 aromatic carbocycles. The number of nitrogens with zero attached hydrogens (tertiary/aromatic N) is 3. The molecule has 29 heavy (non-hydrogen) atoms. The molecular weight excluding hydrogens is 408 g/mol. The third-order valence-electron chi connectivity index (χ3n) is 4.07. The molecule has 4 aromatic rings. The van der Waals surface area contributed by atoms with Gasteiger partial charge in [-0.05, 0) is 30.3 Å². The molecule has 6 nitrogen and oxygen atoms in total. The van der Waals surface area contributed by atoms with E-state index in [4.69, 9.17) is 16.0 Å². The summed E-state index contributed by atoms with van der Waals surface area (Å²) in [5, 5.41) is 3.39. The molecule has 0 saturated heterocycles. The third-order valence-corrected chi connectivity index (χ3v) is 5.34. The molecule has 0 saturated carbocycles. The standard InChI is InChI=1S/C21H17ClN4O2S/c22-18-10-16(6-7-19(18)26-9-8-23-14-26)24-20(27)13-29-12-17-11-28-21(25-17)15-4-2-1-3-5-15/h1-11,14H,12-13H2,(H,24,27). The van der Waals surface area contributed by atoms with Crippen molar-refractivity contribution in [3.05, 3.63) is 84.2 Å². The quantitative estimate of drug-likeness (QED) is 0.449. The summed E-state index contributed by atoms with van der Waals surface area (Å²) < 4.78 is 7.32. The van der Waals surface area contributed by atoms with Gasteiger partial charge in [0.25, 0.3) is 0 Å². The molecule has 146 valence electrons. The molecule has 8 heteroatoms. The Hall–Kier alpha value is -3.03. The van der Waals surface area contributed by atoms with E-state index in [-0.39, 0.29) is 5.91 Å². The maximum atomic E-state index is 12.2. The largest absolute Gasteiger partial charge is 0.444 e. The van der Waals surface area contributed by atoms with Crippen molar-refractivity contribution in [2.75, 3.05) is 11.1 Å². The van der Waals surface area contributed by atoms with Crippen molar-refractivity contribution >= 4 is 35.0 Å². The maximum absolute atomic E-state index is 12.2. The van der Waals surface area contributed by atoms with Crippen molar-refractivity contribution in [2.45, 2.75) is 5.75 Å². The van der Waals surface area contributed by atoms with Crippen LogP contribution < -0.4 is 5.32 Å². The van der Waals surface area contributed by atoms with Gasteiger partial charge in [0.15, 0.2) is 0 Å². The lowest BCUT2D eigenvalue weighted by Crippen LogP contribution is -2.14. The van der Waals surface area contributed by atoms with E-state index in [0.29, 0.717) is 28.1 Å². The van der Waals surface area contributed by atoms with E-state index >= 15 is 0 Å². The smallest absolute Gasteiger partial charge is 0.234 e. The number of benzene rings is 2. The van der Waals surface area contributed by atoms with Crippen LogP contribution >= 0.6 is 23.4 Å². The van der Waals surface area contributed by atoms with Crippen LogP contribution in [0, 0.1) is 0 Å². The Bertz CT molecular complexity index is 1100. The summed E-state index contributed by atoms with van der Waals surface area (Å²) in [5.74, 6) is 1.37. The summed E-state index contributed by atoms with van der Waals surface area (Å²) in [6.07, 6.45) is 6.79. The second kappa shape index (κ2) is 8.98. The number of imidazole rings is 1. The topological polar surface area (TPSA) is 73.0 Å². The number of rotatable bonds is 7. The predicted octanol–water partition coefficient (Wildman–Crippen LogP) is 5.05. The Balaban J connectivity index is 1.28. The van der Waals surface area contributed by atoms with Gasteiger partial charge in [-0.1, -0.05) is 29.8 Å². The first kappa shape index (κ1) is 19.3. The van der Waals surface area contributed by atoms with Gasteiger partial charge < -0.3 is 14.3 Å². The lowest BCUT2D eigenvalue weighted by molar-refractivity contribution is -0.113. The van der Waals surface area contributed by atoms with Crippen molar-refractivity contribution in [1.82, 2.24) is 14.5 Å². The second-order valence-corrected chi connectivity index (χ2v) is 7.58. The van der Waals surface area contributed by atoms with E-state index in [9.17, 15) is 4.79 Å². The Morgan fingerprint density at radius 2 is 2.07 bits per heavy atom. The number of anilines is 1. The predicted molar refractivity (Wildman–Crippen MR) is 115 cm³/mol. The number of hydrogen-bond donors (Lipinski definition) is 1. The van der Waals surface area contributed by atoms with Crippen LogP contribution in [0.4, 0.5) is 5.69 Å². The van der Waals surface area contributed by atoms with Crippen LogP contribution in [-0.4, -0.2) is 26.2 Å². The Kier molecular flexibility index (Phi) is 5.97. The van der Waals surface area contributed by atoms with Gasteiger partial charge in [-0.15, -0.1) is 11.8 Å². The number of hydrogen-bond acceptors (Lipinski definition) is 5. The fourth-order valence-corrected chi connectivity index (χ4v) is 3.71. The first-order chi connectivity index (χ1) is 14.2. The average Bonchev–Trinajstić information content (AvgIpc) is 3.41. The first-order valence-corrected chi connectivity index (χ1v) is 10.4. The fourth-order valence-electron chi connectivity index (χ4n) is 2.73. The zero-order chi connectivity index (χ0) is 20.1. The number of amides is 1. The molecule has 0 fully saturated rings. The molecule has 0 bridgehead atoms. The Morgan fingerprint density at radius 3 is 2.83 bits per heavy atom. The Labute approximate surface area is 176 Å². The van der Waals surface area contributed by atoms with Crippen LogP contribution in [0.5, 0.6) is 0 Å². The molecule has 2 heterocycles. The van der Waals surface area contributed by atoms with Crippen molar-refractivity contribution < 1.29 is 9.21 Å². The van der Waals surface area contributed by atoms with Gasteiger partial charge in [0, 0.05) is 29.4 Å².